The molecule has 7 heteroatoms. The van der Waals surface area contributed by atoms with Gasteiger partial charge in [-0.05, 0) is 42.0 Å². The molecule has 3 rings (SSSR count). The molecule has 0 atom stereocenters. The number of hydrogen-bond acceptors (Lipinski definition) is 4. The molecule has 0 unspecified atom stereocenters. The number of oxazole rings is 1. The van der Waals surface area contributed by atoms with Gasteiger partial charge in [0.15, 0.2) is 12.2 Å². The molecule has 1 aromatic heterocycles. The van der Waals surface area contributed by atoms with Gasteiger partial charge < -0.3 is 14.5 Å². The fourth-order valence-corrected chi connectivity index (χ4v) is 2.22. The number of nitrogens with one attached hydrogen (secondary N) is 1. The van der Waals surface area contributed by atoms with Crippen LogP contribution in [-0.4, -0.2) is 17.1 Å². The Kier molecular flexibility index (Phi) is 4.33. The average Bonchev–Trinajstić information content (AvgIpc) is 2.86. The number of carbonyl (C=O) groups is 1. The van der Waals surface area contributed by atoms with Crippen molar-refractivity contribution in [2.45, 2.75) is 6.54 Å². The summed E-state index contributed by atoms with van der Waals surface area (Å²) < 4.78 is 24.5. The zero-order chi connectivity index (χ0) is 17.1. The summed E-state index contributed by atoms with van der Waals surface area (Å²) in [6, 6.07) is 10.7. The van der Waals surface area contributed by atoms with Crippen LogP contribution in [0, 0.1) is 5.82 Å². The minimum atomic E-state index is -0.432. The van der Waals surface area contributed by atoms with Crippen LogP contribution in [0.5, 0.6) is 5.75 Å². The van der Waals surface area contributed by atoms with Gasteiger partial charge in [0.25, 0.3) is 5.91 Å². The van der Waals surface area contributed by atoms with Gasteiger partial charge in [0.05, 0.1) is 5.52 Å². The number of fused-ring (bicyclic) bond motifs is 1. The molecule has 1 heterocycles. The third-order valence-electron chi connectivity index (χ3n) is 3.53. The number of benzene rings is 2. The molecule has 0 fully saturated rings. The van der Waals surface area contributed by atoms with Crippen LogP contribution in [0.1, 0.15) is 5.56 Å². The summed E-state index contributed by atoms with van der Waals surface area (Å²) in [5.74, 6) is -0.693. The predicted molar refractivity (Wildman–Crippen MR) is 85.2 cm³/mol. The molecule has 0 aliphatic rings. The number of carbonyl (C=O) groups excluding carboxylic acids is 1. The van der Waals surface area contributed by atoms with E-state index in [1.807, 2.05) is 0 Å². The van der Waals surface area contributed by atoms with Gasteiger partial charge >= 0.3 is 5.76 Å². The van der Waals surface area contributed by atoms with Crippen LogP contribution in [0.2, 0.25) is 0 Å². The smallest absolute Gasteiger partial charge is 0.419 e. The van der Waals surface area contributed by atoms with E-state index in [2.05, 4.69) is 5.32 Å². The summed E-state index contributed by atoms with van der Waals surface area (Å²) in [4.78, 5) is 23.2. The predicted octanol–water partition coefficient (Wildman–Crippen LogP) is 1.97. The summed E-state index contributed by atoms with van der Waals surface area (Å²) >= 11 is 0. The zero-order valence-corrected chi connectivity index (χ0v) is 12.9. The fourth-order valence-electron chi connectivity index (χ4n) is 2.22. The van der Waals surface area contributed by atoms with E-state index in [9.17, 15) is 14.0 Å². The first kappa shape index (κ1) is 15.8. The quantitative estimate of drug-likeness (QED) is 0.776. The van der Waals surface area contributed by atoms with Crippen molar-refractivity contribution in [2.24, 2.45) is 7.05 Å². The SMILES string of the molecule is Cn1c(=O)oc2cc(CNC(=O)COc3ccc(F)cc3)ccc21. The number of halogens is 1. The van der Waals surface area contributed by atoms with E-state index in [1.165, 1.54) is 28.8 Å². The van der Waals surface area contributed by atoms with Crippen molar-refractivity contribution in [3.05, 3.63) is 64.4 Å². The molecule has 0 aliphatic heterocycles. The molecule has 6 nitrogen and oxygen atoms in total. The molecule has 24 heavy (non-hydrogen) atoms. The van der Waals surface area contributed by atoms with Gasteiger partial charge in [-0.3, -0.25) is 9.36 Å². The number of hydrogen-bond donors (Lipinski definition) is 1. The van der Waals surface area contributed by atoms with E-state index in [1.54, 1.807) is 25.2 Å². The molecule has 124 valence electrons. The van der Waals surface area contributed by atoms with Gasteiger partial charge in [-0.15, -0.1) is 0 Å². The van der Waals surface area contributed by atoms with Crippen molar-refractivity contribution in [3.8, 4) is 5.75 Å². The molecular weight excluding hydrogens is 315 g/mol. The van der Waals surface area contributed by atoms with Crippen LogP contribution in [0.15, 0.2) is 51.7 Å². The Hall–Kier alpha value is -3.09. The molecule has 0 radical (unpaired) electrons. The van der Waals surface area contributed by atoms with Gasteiger partial charge in [-0.1, -0.05) is 6.07 Å². The van der Waals surface area contributed by atoms with Crippen molar-refractivity contribution in [1.82, 2.24) is 9.88 Å². The van der Waals surface area contributed by atoms with Crippen molar-refractivity contribution in [1.29, 1.82) is 0 Å². The van der Waals surface area contributed by atoms with Crippen molar-refractivity contribution in [2.75, 3.05) is 6.61 Å². The number of aromatic nitrogens is 1. The van der Waals surface area contributed by atoms with E-state index in [0.717, 1.165) is 5.56 Å². The second-order valence-corrected chi connectivity index (χ2v) is 5.25. The Labute approximate surface area is 136 Å². The van der Waals surface area contributed by atoms with Gasteiger partial charge in [0, 0.05) is 13.6 Å². The van der Waals surface area contributed by atoms with Gasteiger partial charge in [0.2, 0.25) is 0 Å². The highest BCUT2D eigenvalue weighted by Crippen LogP contribution is 2.14. The van der Waals surface area contributed by atoms with Crippen LogP contribution < -0.4 is 15.8 Å². The molecule has 3 aromatic rings. The maximum atomic E-state index is 12.8. The summed E-state index contributed by atoms with van der Waals surface area (Å²) in [5.41, 5.74) is 1.96. The highest BCUT2D eigenvalue weighted by molar-refractivity contribution is 5.78. The normalized spacial score (nSPS) is 10.8. The monoisotopic (exact) mass is 330 g/mol. The lowest BCUT2D eigenvalue weighted by Crippen LogP contribution is -2.28. The molecule has 0 saturated heterocycles. The number of amides is 1. The lowest BCUT2D eigenvalue weighted by atomic mass is 10.2. The number of aryl methyl sites for hydroxylation is 1. The van der Waals surface area contributed by atoms with E-state index >= 15 is 0 Å². The van der Waals surface area contributed by atoms with Crippen LogP contribution in [0.3, 0.4) is 0 Å². The molecule has 2 aromatic carbocycles. The maximum Gasteiger partial charge on any atom is 0.419 e. The minimum Gasteiger partial charge on any atom is -0.484 e. The molecule has 0 saturated carbocycles. The zero-order valence-electron chi connectivity index (χ0n) is 12.9. The standard InChI is InChI=1S/C17H15FN2O4/c1-20-14-7-2-11(8-15(14)24-17(20)22)9-19-16(21)10-23-13-5-3-12(18)4-6-13/h2-8H,9-10H2,1H3,(H,19,21). The third kappa shape index (κ3) is 3.45. The topological polar surface area (TPSA) is 73.5 Å². The lowest BCUT2D eigenvalue weighted by molar-refractivity contribution is -0.123. The summed E-state index contributed by atoms with van der Waals surface area (Å²) in [6.45, 7) is 0.106. The number of rotatable bonds is 5. The molecule has 0 bridgehead atoms. The van der Waals surface area contributed by atoms with Crippen LogP contribution >= 0.6 is 0 Å². The first-order valence-electron chi connectivity index (χ1n) is 7.26. The van der Waals surface area contributed by atoms with Gasteiger partial charge in [0.1, 0.15) is 11.6 Å². The van der Waals surface area contributed by atoms with E-state index < -0.39 is 5.76 Å². The molecule has 1 N–H and O–H groups in total. The largest absolute Gasteiger partial charge is 0.484 e. The second kappa shape index (κ2) is 6.57. The van der Waals surface area contributed by atoms with Crippen molar-refractivity contribution >= 4 is 17.0 Å². The van der Waals surface area contributed by atoms with Crippen molar-refractivity contribution < 1.29 is 18.3 Å². The van der Waals surface area contributed by atoms with E-state index in [4.69, 9.17) is 9.15 Å². The van der Waals surface area contributed by atoms with Gasteiger partial charge in [-0.2, -0.15) is 0 Å². The molecular formula is C17H15FN2O4. The first-order chi connectivity index (χ1) is 11.5. The Morgan fingerprint density at radius 3 is 2.75 bits per heavy atom. The summed E-state index contributed by atoms with van der Waals surface area (Å²) in [7, 11) is 1.63. The highest BCUT2D eigenvalue weighted by atomic mass is 19.1. The Balaban J connectivity index is 1.56. The third-order valence-corrected chi connectivity index (χ3v) is 3.53. The van der Waals surface area contributed by atoms with Crippen LogP contribution in [0.25, 0.3) is 11.1 Å². The number of nitrogens with zero attached hydrogens (tertiary/aromatic N) is 1. The molecule has 1 amide bonds. The summed E-state index contributed by atoms with van der Waals surface area (Å²) in [5, 5.41) is 2.70. The fraction of sp³-hybridized carbons (Fsp3) is 0.176. The molecule has 0 spiro atoms. The molecule has 0 aliphatic carbocycles. The van der Waals surface area contributed by atoms with Crippen molar-refractivity contribution in [3.63, 3.8) is 0 Å². The van der Waals surface area contributed by atoms with Crippen LogP contribution in [-0.2, 0) is 18.4 Å². The van der Waals surface area contributed by atoms with E-state index in [0.29, 0.717) is 16.8 Å². The first-order valence-corrected chi connectivity index (χ1v) is 7.26. The second-order valence-electron chi connectivity index (χ2n) is 5.25. The Morgan fingerprint density at radius 2 is 2.00 bits per heavy atom. The van der Waals surface area contributed by atoms with Gasteiger partial charge in [-0.25, -0.2) is 9.18 Å². The van der Waals surface area contributed by atoms with Crippen LogP contribution in [0.4, 0.5) is 4.39 Å². The average molecular weight is 330 g/mol. The van der Waals surface area contributed by atoms with E-state index in [-0.39, 0.29) is 24.9 Å². The Bertz CT molecular complexity index is 928. The lowest BCUT2D eigenvalue weighted by Gasteiger charge is -2.07. The number of ether oxygens (including phenoxy) is 1. The maximum absolute atomic E-state index is 12.8. The summed E-state index contributed by atoms with van der Waals surface area (Å²) in [6.07, 6.45) is 0. The minimum absolute atomic E-state index is 0.172. The highest BCUT2D eigenvalue weighted by Gasteiger charge is 2.08. The Morgan fingerprint density at radius 1 is 1.25 bits per heavy atom.